The van der Waals surface area contributed by atoms with Crippen LogP contribution in [0.15, 0.2) is 72.4 Å². The van der Waals surface area contributed by atoms with E-state index >= 15 is 0 Å². The van der Waals surface area contributed by atoms with E-state index in [1.54, 1.807) is 35.7 Å². The SMILES string of the molecule is COc1ccc(C)cc1N1CC(C(=O)Nc2cccc(-c3csc(-c4ccncc4)n3)c2)CC1=O. The van der Waals surface area contributed by atoms with Gasteiger partial charge in [0.15, 0.2) is 0 Å². The fraction of sp³-hybridized carbons (Fsp3) is 0.185. The normalized spacial score (nSPS) is 15.3. The molecule has 1 saturated heterocycles. The summed E-state index contributed by atoms with van der Waals surface area (Å²) in [6, 6.07) is 17.1. The number of nitrogens with zero attached hydrogens (tertiary/aromatic N) is 3. The zero-order valence-electron chi connectivity index (χ0n) is 19.4. The fourth-order valence-corrected chi connectivity index (χ4v) is 5.00. The van der Waals surface area contributed by atoms with Crippen LogP contribution < -0.4 is 15.0 Å². The third kappa shape index (κ3) is 4.79. The van der Waals surface area contributed by atoms with Crippen molar-refractivity contribution in [3.63, 3.8) is 0 Å². The summed E-state index contributed by atoms with van der Waals surface area (Å²) >= 11 is 1.56. The van der Waals surface area contributed by atoms with Crippen LogP contribution in [0.1, 0.15) is 12.0 Å². The van der Waals surface area contributed by atoms with Crippen molar-refractivity contribution in [2.24, 2.45) is 5.92 Å². The minimum absolute atomic E-state index is 0.0890. The average Bonchev–Trinajstić information content (AvgIpc) is 3.52. The highest BCUT2D eigenvalue weighted by molar-refractivity contribution is 7.13. The molecule has 0 spiro atoms. The van der Waals surface area contributed by atoms with Crippen LogP contribution in [0, 0.1) is 12.8 Å². The molecule has 35 heavy (non-hydrogen) atoms. The van der Waals surface area contributed by atoms with E-state index in [1.165, 1.54) is 0 Å². The molecule has 3 heterocycles. The van der Waals surface area contributed by atoms with Gasteiger partial charge in [-0.15, -0.1) is 11.3 Å². The van der Waals surface area contributed by atoms with Gasteiger partial charge in [0.25, 0.3) is 0 Å². The van der Waals surface area contributed by atoms with Crippen LogP contribution in [0.2, 0.25) is 0 Å². The first-order chi connectivity index (χ1) is 17.0. The average molecular weight is 485 g/mol. The van der Waals surface area contributed by atoms with Gasteiger partial charge in [-0.25, -0.2) is 4.98 Å². The lowest BCUT2D eigenvalue weighted by molar-refractivity contribution is -0.122. The van der Waals surface area contributed by atoms with Crippen LogP contribution in [0.3, 0.4) is 0 Å². The van der Waals surface area contributed by atoms with Crippen molar-refractivity contribution in [2.45, 2.75) is 13.3 Å². The molecule has 1 N–H and O–H groups in total. The first-order valence-corrected chi connectivity index (χ1v) is 12.1. The van der Waals surface area contributed by atoms with Crippen LogP contribution in [0.25, 0.3) is 21.8 Å². The van der Waals surface area contributed by atoms with E-state index in [2.05, 4.69) is 10.3 Å². The summed E-state index contributed by atoms with van der Waals surface area (Å²) in [5.41, 5.74) is 5.15. The van der Waals surface area contributed by atoms with E-state index in [0.29, 0.717) is 23.7 Å². The molecular formula is C27H24N4O3S. The maximum absolute atomic E-state index is 13.1. The molecule has 5 rings (SSSR count). The van der Waals surface area contributed by atoms with Crippen molar-refractivity contribution < 1.29 is 14.3 Å². The topological polar surface area (TPSA) is 84.4 Å². The van der Waals surface area contributed by atoms with E-state index in [0.717, 1.165) is 27.4 Å². The molecule has 176 valence electrons. The summed E-state index contributed by atoms with van der Waals surface area (Å²) < 4.78 is 5.43. The number of aromatic nitrogens is 2. The Hall–Kier alpha value is -4.04. The second-order valence-corrected chi connectivity index (χ2v) is 9.28. The number of benzene rings is 2. The Labute approximate surface area is 207 Å². The minimum atomic E-state index is -0.450. The van der Waals surface area contributed by atoms with E-state index < -0.39 is 5.92 Å². The predicted molar refractivity (Wildman–Crippen MR) is 138 cm³/mol. The lowest BCUT2D eigenvalue weighted by Gasteiger charge is -2.20. The summed E-state index contributed by atoms with van der Waals surface area (Å²) in [5, 5.41) is 5.89. The molecule has 1 aliphatic heterocycles. The number of rotatable bonds is 6. The van der Waals surface area contributed by atoms with Gasteiger partial charge in [0.1, 0.15) is 10.8 Å². The largest absolute Gasteiger partial charge is 0.495 e. The number of thiazole rings is 1. The first kappa shape index (κ1) is 22.7. The fourth-order valence-electron chi connectivity index (χ4n) is 4.16. The highest BCUT2D eigenvalue weighted by Gasteiger charge is 2.36. The molecule has 0 saturated carbocycles. The van der Waals surface area contributed by atoms with Gasteiger partial charge in [-0.3, -0.25) is 14.6 Å². The van der Waals surface area contributed by atoms with Crippen LogP contribution in [-0.4, -0.2) is 35.4 Å². The predicted octanol–water partition coefficient (Wildman–Crippen LogP) is 5.18. The van der Waals surface area contributed by atoms with Gasteiger partial charge < -0.3 is 15.0 Å². The van der Waals surface area contributed by atoms with Crippen molar-refractivity contribution in [2.75, 3.05) is 23.9 Å². The summed E-state index contributed by atoms with van der Waals surface area (Å²) in [4.78, 5) is 36.2. The summed E-state index contributed by atoms with van der Waals surface area (Å²) in [6.07, 6.45) is 3.65. The number of anilines is 2. The van der Waals surface area contributed by atoms with E-state index in [4.69, 9.17) is 9.72 Å². The number of nitrogens with one attached hydrogen (secondary N) is 1. The Morgan fingerprint density at radius 2 is 1.94 bits per heavy atom. The molecule has 2 aromatic heterocycles. The van der Waals surface area contributed by atoms with Crippen LogP contribution in [0.4, 0.5) is 11.4 Å². The van der Waals surface area contributed by atoms with Gasteiger partial charge in [-0.2, -0.15) is 0 Å². The van der Waals surface area contributed by atoms with Crippen LogP contribution in [-0.2, 0) is 9.59 Å². The maximum Gasteiger partial charge on any atom is 0.229 e. The number of aryl methyl sites for hydroxylation is 1. The molecular weight excluding hydrogens is 460 g/mol. The van der Waals surface area contributed by atoms with Gasteiger partial charge in [-0.05, 0) is 48.9 Å². The second kappa shape index (κ2) is 9.68. The Balaban J connectivity index is 1.30. The third-order valence-corrected chi connectivity index (χ3v) is 6.87. The monoisotopic (exact) mass is 484 g/mol. The van der Waals surface area contributed by atoms with Crippen molar-refractivity contribution in [3.05, 3.63) is 77.9 Å². The van der Waals surface area contributed by atoms with E-state index in [-0.39, 0.29) is 18.2 Å². The molecule has 4 aromatic rings. The molecule has 1 unspecified atom stereocenters. The standard InChI is InChI=1S/C27H24N4O3S/c1-17-6-7-24(34-2)23(12-17)31-15-20(14-25(31)32)26(33)29-21-5-3-4-19(13-21)22-16-35-27(30-22)18-8-10-28-11-9-18/h3-13,16,20H,14-15H2,1-2H3,(H,29,33). The van der Waals surface area contributed by atoms with Gasteiger partial charge in [0, 0.05) is 47.6 Å². The Morgan fingerprint density at radius 3 is 2.74 bits per heavy atom. The number of amides is 2. The Kier molecular flexibility index (Phi) is 6.29. The smallest absolute Gasteiger partial charge is 0.229 e. The van der Waals surface area contributed by atoms with Gasteiger partial charge in [0.2, 0.25) is 11.8 Å². The van der Waals surface area contributed by atoms with Crippen molar-refractivity contribution in [1.29, 1.82) is 0 Å². The molecule has 0 radical (unpaired) electrons. The quantitative estimate of drug-likeness (QED) is 0.408. The lowest BCUT2D eigenvalue weighted by Crippen LogP contribution is -2.28. The molecule has 0 bridgehead atoms. The second-order valence-electron chi connectivity index (χ2n) is 8.42. The molecule has 1 fully saturated rings. The molecule has 2 aromatic carbocycles. The number of hydrogen-bond donors (Lipinski definition) is 1. The third-order valence-electron chi connectivity index (χ3n) is 5.98. The first-order valence-electron chi connectivity index (χ1n) is 11.2. The zero-order chi connectivity index (χ0) is 24.4. The van der Waals surface area contributed by atoms with E-state index in [9.17, 15) is 9.59 Å². The Bertz CT molecular complexity index is 1390. The summed E-state index contributed by atoms with van der Waals surface area (Å²) in [7, 11) is 1.58. The highest BCUT2D eigenvalue weighted by Crippen LogP contribution is 2.34. The van der Waals surface area contributed by atoms with Gasteiger partial charge >= 0.3 is 0 Å². The Morgan fingerprint density at radius 1 is 1.11 bits per heavy atom. The number of pyridine rings is 1. The van der Waals surface area contributed by atoms with Gasteiger partial charge in [0.05, 0.1) is 24.4 Å². The summed E-state index contributed by atoms with van der Waals surface area (Å²) in [5.74, 6) is -0.102. The maximum atomic E-state index is 13.1. The van der Waals surface area contributed by atoms with E-state index in [1.807, 2.05) is 66.9 Å². The van der Waals surface area contributed by atoms with Crippen LogP contribution in [0.5, 0.6) is 5.75 Å². The van der Waals surface area contributed by atoms with Crippen molar-refractivity contribution in [3.8, 4) is 27.6 Å². The lowest BCUT2D eigenvalue weighted by atomic mass is 10.1. The number of ether oxygens (including phenoxy) is 1. The molecule has 2 amide bonds. The molecule has 0 aliphatic carbocycles. The number of carbonyl (C=O) groups excluding carboxylic acids is 2. The number of carbonyl (C=O) groups is 2. The summed E-state index contributed by atoms with van der Waals surface area (Å²) in [6.45, 7) is 2.27. The highest BCUT2D eigenvalue weighted by atomic mass is 32.1. The molecule has 1 aliphatic rings. The van der Waals surface area contributed by atoms with Crippen molar-refractivity contribution in [1.82, 2.24) is 9.97 Å². The zero-order valence-corrected chi connectivity index (χ0v) is 20.2. The van der Waals surface area contributed by atoms with Crippen molar-refractivity contribution >= 4 is 34.5 Å². The molecule has 8 heteroatoms. The van der Waals surface area contributed by atoms with Gasteiger partial charge in [-0.1, -0.05) is 18.2 Å². The van der Waals surface area contributed by atoms with Crippen LogP contribution >= 0.6 is 11.3 Å². The molecule has 1 atom stereocenters. The number of methoxy groups -OCH3 is 1. The number of hydrogen-bond acceptors (Lipinski definition) is 6. The minimum Gasteiger partial charge on any atom is -0.495 e. The molecule has 7 nitrogen and oxygen atoms in total.